The molecule has 0 aliphatic carbocycles. The van der Waals surface area contributed by atoms with E-state index in [1.807, 2.05) is 37.3 Å². The van der Waals surface area contributed by atoms with E-state index in [0.717, 1.165) is 11.1 Å². The van der Waals surface area contributed by atoms with E-state index in [9.17, 15) is 0 Å². The first-order chi connectivity index (χ1) is 10.3. The van der Waals surface area contributed by atoms with Crippen LogP contribution >= 0.6 is 0 Å². The number of pyridine rings is 1. The maximum absolute atomic E-state index is 9.05. The van der Waals surface area contributed by atoms with Crippen LogP contribution in [0.5, 0.6) is 5.75 Å². The van der Waals surface area contributed by atoms with Crippen molar-refractivity contribution in [2.45, 2.75) is 20.0 Å². The van der Waals surface area contributed by atoms with Gasteiger partial charge >= 0.3 is 0 Å². The molecule has 2 aromatic rings. The number of rotatable bonds is 5. The molecule has 0 amide bonds. The van der Waals surface area contributed by atoms with Crippen molar-refractivity contribution in [1.29, 1.82) is 5.26 Å². The van der Waals surface area contributed by atoms with Gasteiger partial charge in [-0.15, -0.1) is 0 Å². The average Bonchev–Trinajstić information content (AvgIpc) is 2.55. The van der Waals surface area contributed by atoms with Crippen LogP contribution in [0.2, 0.25) is 0 Å². The average molecular weight is 281 g/mol. The lowest BCUT2D eigenvalue weighted by Crippen LogP contribution is -2.04. The predicted octanol–water partition coefficient (Wildman–Crippen LogP) is 3.12. The molecule has 0 saturated carbocycles. The topological polar surface area (TPSA) is 78.5 Å². The third-order valence-corrected chi connectivity index (χ3v) is 2.99. The SMILES string of the molecule is CCC(=NO)c1ccccc1OCc1ccnc(C#N)c1. The lowest BCUT2D eigenvalue weighted by Gasteiger charge is -2.11. The largest absolute Gasteiger partial charge is 0.488 e. The maximum atomic E-state index is 9.05. The van der Waals surface area contributed by atoms with E-state index in [4.69, 9.17) is 15.2 Å². The molecule has 0 aliphatic heterocycles. The van der Waals surface area contributed by atoms with Crippen LogP contribution in [0.4, 0.5) is 0 Å². The fourth-order valence-electron chi connectivity index (χ4n) is 1.93. The normalized spacial score (nSPS) is 11.0. The van der Waals surface area contributed by atoms with E-state index in [1.54, 1.807) is 18.3 Å². The van der Waals surface area contributed by atoms with Gasteiger partial charge in [-0.1, -0.05) is 24.2 Å². The zero-order chi connectivity index (χ0) is 15.1. The van der Waals surface area contributed by atoms with Crippen molar-refractivity contribution >= 4 is 5.71 Å². The van der Waals surface area contributed by atoms with Gasteiger partial charge in [-0.05, 0) is 36.2 Å². The summed E-state index contributed by atoms with van der Waals surface area (Å²) in [6, 6.07) is 12.9. The fourth-order valence-corrected chi connectivity index (χ4v) is 1.93. The van der Waals surface area contributed by atoms with E-state index < -0.39 is 0 Å². The molecule has 21 heavy (non-hydrogen) atoms. The molecule has 0 bridgehead atoms. The fraction of sp³-hybridized carbons (Fsp3) is 0.188. The second-order valence-electron chi connectivity index (χ2n) is 4.35. The van der Waals surface area contributed by atoms with Crippen molar-refractivity contribution in [3.63, 3.8) is 0 Å². The highest BCUT2D eigenvalue weighted by molar-refractivity contribution is 6.02. The van der Waals surface area contributed by atoms with Crippen molar-refractivity contribution in [3.05, 3.63) is 59.4 Å². The Hall–Kier alpha value is -2.87. The third kappa shape index (κ3) is 3.57. The van der Waals surface area contributed by atoms with E-state index in [1.165, 1.54) is 0 Å². The van der Waals surface area contributed by atoms with Crippen molar-refractivity contribution in [2.75, 3.05) is 0 Å². The van der Waals surface area contributed by atoms with Gasteiger partial charge in [0.05, 0.1) is 5.71 Å². The second kappa shape index (κ2) is 7.06. The Balaban J connectivity index is 2.19. The molecular weight excluding hydrogens is 266 g/mol. The summed E-state index contributed by atoms with van der Waals surface area (Å²) in [6.07, 6.45) is 2.18. The van der Waals surface area contributed by atoms with E-state index >= 15 is 0 Å². The summed E-state index contributed by atoms with van der Waals surface area (Å²) in [5.41, 5.74) is 2.54. The lowest BCUT2D eigenvalue weighted by atomic mass is 10.1. The van der Waals surface area contributed by atoms with Gasteiger partial charge < -0.3 is 9.94 Å². The Morgan fingerprint density at radius 3 is 2.90 bits per heavy atom. The zero-order valence-electron chi connectivity index (χ0n) is 11.7. The Morgan fingerprint density at radius 2 is 2.19 bits per heavy atom. The number of benzene rings is 1. The minimum absolute atomic E-state index is 0.316. The second-order valence-corrected chi connectivity index (χ2v) is 4.35. The van der Waals surface area contributed by atoms with Gasteiger partial charge in [-0.2, -0.15) is 5.26 Å². The van der Waals surface area contributed by atoms with Crippen molar-refractivity contribution in [2.24, 2.45) is 5.16 Å². The highest BCUT2D eigenvalue weighted by Crippen LogP contribution is 2.21. The summed E-state index contributed by atoms with van der Waals surface area (Å²) in [5, 5.41) is 21.2. The van der Waals surface area contributed by atoms with Gasteiger partial charge in [0, 0.05) is 11.8 Å². The molecule has 1 aromatic heterocycles. The van der Waals surface area contributed by atoms with Crippen LogP contribution in [0.1, 0.15) is 30.2 Å². The number of hydrogen-bond acceptors (Lipinski definition) is 5. The number of para-hydroxylation sites is 1. The van der Waals surface area contributed by atoms with Gasteiger partial charge in [0.1, 0.15) is 24.1 Å². The molecule has 0 radical (unpaired) electrons. The molecule has 0 fully saturated rings. The summed E-state index contributed by atoms with van der Waals surface area (Å²) in [6.45, 7) is 2.23. The summed E-state index contributed by atoms with van der Waals surface area (Å²) in [7, 11) is 0. The third-order valence-electron chi connectivity index (χ3n) is 2.99. The monoisotopic (exact) mass is 281 g/mol. The van der Waals surface area contributed by atoms with Crippen molar-refractivity contribution < 1.29 is 9.94 Å². The van der Waals surface area contributed by atoms with Crippen LogP contribution in [0.3, 0.4) is 0 Å². The number of hydrogen-bond donors (Lipinski definition) is 1. The first kappa shape index (κ1) is 14.5. The van der Waals surface area contributed by atoms with E-state index in [2.05, 4.69) is 10.1 Å². The highest BCUT2D eigenvalue weighted by Gasteiger charge is 2.09. The molecule has 2 rings (SSSR count). The Bertz CT molecular complexity index is 690. The van der Waals surface area contributed by atoms with Gasteiger partial charge in [-0.25, -0.2) is 4.98 Å². The smallest absolute Gasteiger partial charge is 0.140 e. The molecule has 1 N–H and O–H groups in total. The van der Waals surface area contributed by atoms with Crippen LogP contribution in [0.25, 0.3) is 0 Å². The Morgan fingerprint density at radius 1 is 1.38 bits per heavy atom. The van der Waals surface area contributed by atoms with Crippen molar-refractivity contribution in [3.8, 4) is 11.8 Å². The van der Waals surface area contributed by atoms with Crippen LogP contribution in [-0.2, 0) is 6.61 Å². The van der Waals surface area contributed by atoms with Gasteiger partial charge in [0.25, 0.3) is 0 Å². The molecular formula is C16H15N3O2. The van der Waals surface area contributed by atoms with Gasteiger partial charge in [-0.3, -0.25) is 0 Å². The molecule has 0 aliphatic rings. The molecule has 1 aromatic carbocycles. The van der Waals surface area contributed by atoms with Crippen LogP contribution in [0.15, 0.2) is 47.8 Å². The summed E-state index contributed by atoms with van der Waals surface area (Å²) >= 11 is 0. The highest BCUT2D eigenvalue weighted by atomic mass is 16.5. The molecule has 0 atom stereocenters. The summed E-state index contributed by atoms with van der Waals surface area (Å²) in [5.74, 6) is 0.641. The quantitative estimate of drug-likeness (QED) is 0.519. The molecule has 5 heteroatoms. The first-order valence-corrected chi connectivity index (χ1v) is 6.56. The summed E-state index contributed by atoms with van der Waals surface area (Å²) < 4.78 is 5.78. The maximum Gasteiger partial charge on any atom is 0.140 e. The van der Waals surface area contributed by atoms with Crippen LogP contribution in [-0.4, -0.2) is 15.9 Å². The Kier molecular flexibility index (Phi) is 4.89. The number of ether oxygens (including phenoxy) is 1. The molecule has 1 heterocycles. The number of nitriles is 1. The Labute approximate surface area is 123 Å². The molecule has 0 spiro atoms. The lowest BCUT2D eigenvalue weighted by molar-refractivity contribution is 0.303. The molecule has 0 unspecified atom stereocenters. The minimum atomic E-state index is 0.316. The van der Waals surface area contributed by atoms with Crippen molar-refractivity contribution in [1.82, 2.24) is 4.98 Å². The minimum Gasteiger partial charge on any atom is -0.488 e. The molecule has 5 nitrogen and oxygen atoms in total. The van der Waals surface area contributed by atoms with Gasteiger partial charge in [0.15, 0.2) is 0 Å². The predicted molar refractivity (Wildman–Crippen MR) is 78.3 cm³/mol. The number of oxime groups is 1. The molecule has 0 saturated heterocycles. The zero-order valence-corrected chi connectivity index (χ0v) is 11.7. The van der Waals surface area contributed by atoms with E-state index in [0.29, 0.717) is 30.2 Å². The van der Waals surface area contributed by atoms with Gasteiger partial charge in [0.2, 0.25) is 0 Å². The molecule has 106 valence electrons. The first-order valence-electron chi connectivity index (χ1n) is 6.56. The number of nitrogens with zero attached hydrogens (tertiary/aromatic N) is 3. The number of aromatic nitrogens is 1. The van der Waals surface area contributed by atoms with Crippen LogP contribution < -0.4 is 4.74 Å². The van der Waals surface area contributed by atoms with Crippen LogP contribution in [0, 0.1) is 11.3 Å². The summed E-state index contributed by atoms with van der Waals surface area (Å²) in [4.78, 5) is 3.92. The van der Waals surface area contributed by atoms with E-state index in [-0.39, 0.29) is 0 Å². The standard InChI is InChI=1S/C16H15N3O2/c1-2-15(19-20)14-5-3-4-6-16(14)21-11-12-7-8-18-13(9-12)10-17/h3-9,20H,2,11H2,1H3.